The van der Waals surface area contributed by atoms with Gasteiger partial charge in [0, 0.05) is 0 Å². The largest absolute Gasteiger partial charge is 0.344 e. The molecule has 0 aromatic carbocycles. The van der Waals surface area contributed by atoms with Crippen molar-refractivity contribution >= 4 is 8.41 Å². The van der Waals surface area contributed by atoms with Crippen LogP contribution in [0.2, 0.25) is 0 Å². The minimum absolute atomic E-state index is 0. The van der Waals surface area contributed by atoms with Crippen LogP contribution in [-0.2, 0) is 0 Å². The van der Waals surface area contributed by atoms with Gasteiger partial charge in [-0.05, 0) is 0 Å². The third kappa shape index (κ3) is 20800. The Hall–Kier alpha value is -0.255. The highest BCUT2D eigenvalue weighted by Crippen LogP contribution is 1.15. The van der Waals surface area contributed by atoms with Crippen LogP contribution in [0.3, 0.4) is 0 Å². The second kappa shape index (κ2) is 27000. The Morgan fingerprint density at radius 2 is 0.357 bits per heavy atom. The van der Waals surface area contributed by atoms with E-state index in [1.165, 1.54) is 0 Å². The summed E-state index contributed by atoms with van der Waals surface area (Å²) in [6, 6.07) is 0. The van der Waals surface area contributed by atoms with E-state index in [4.69, 9.17) is 0 Å². The van der Waals surface area contributed by atoms with Crippen molar-refractivity contribution < 1.29 is 18.8 Å². The molecule has 0 spiro atoms. The molecule has 0 bridgehead atoms. The molecular formula is C8H34BF4N. The van der Waals surface area contributed by atoms with Gasteiger partial charge in [0.15, 0.2) is 0 Å². The molecular weight excluding hydrogens is 197 g/mol. The second-order valence-electron chi connectivity index (χ2n) is 0. The lowest BCUT2D eigenvalue weighted by Crippen LogP contribution is -0.856. The van der Waals surface area contributed by atoms with Crippen molar-refractivity contribution in [2.75, 3.05) is 0 Å². The number of rotatable bonds is 0. The van der Waals surface area contributed by atoms with E-state index >= 15 is 0 Å². The topological polar surface area (TPSA) is 35.0 Å². The predicted octanol–water partition coefficient (Wildman–Crippen LogP) is 3.69. The van der Waals surface area contributed by atoms with Gasteiger partial charge in [0.25, 0.3) is 0 Å². The molecule has 0 rings (SSSR count). The number of hydrogen-bond acceptors (Lipinski definition) is 1. The Morgan fingerprint density at radius 1 is 0.357 bits per heavy atom. The Kier molecular flexibility index (Phi) is 307000. The number of halogens is 4. The van der Waals surface area contributed by atoms with E-state index in [1.54, 1.807) is 0 Å². The van der Waals surface area contributed by atoms with Crippen LogP contribution < -0.4 is 6.15 Å². The quantitative estimate of drug-likeness (QED) is 0.500. The molecule has 1 nitrogen and oxygen atoms in total. The van der Waals surface area contributed by atoms with Crippen molar-refractivity contribution in [3.05, 3.63) is 0 Å². The third-order valence-electron chi connectivity index (χ3n) is 0. The molecule has 0 aliphatic heterocycles. The van der Waals surface area contributed by atoms with E-state index in [9.17, 15) is 0 Å². The van der Waals surface area contributed by atoms with Gasteiger partial charge in [0.2, 0.25) is 0 Å². The zero-order valence-corrected chi connectivity index (χ0v) is 10.3. The first-order valence-electron chi connectivity index (χ1n) is 4.00. The summed E-state index contributed by atoms with van der Waals surface area (Å²) in [7, 11) is 0. The van der Waals surface area contributed by atoms with Gasteiger partial charge in [0.05, 0.1) is 8.41 Å². The highest BCUT2D eigenvalue weighted by Gasteiger charge is 0.938. The Morgan fingerprint density at radius 3 is 0.357 bits per heavy atom. The van der Waals surface area contributed by atoms with E-state index in [-0.39, 0.29) is 33.4 Å². The van der Waals surface area contributed by atoms with Crippen LogP contribution in [-0.4, -0.2) is 8.41 Å². The van der Waals surface area contributed by atoms with Gasteiger partial charge in [0.1, 0.15) is 0 Å². The highest BCUT2D eigenvalue weighted by molar-refractivity contribution is 5.75. The van der Waals surface area contributed by atoms with Crippen LogP contribution >= 0.6 is 0 Å². The van der Waals surface area contributed by atoms with Gasteiger partial charge < -0.3 is 6.15 Å². The summed E-state index contributed by atoms with van der Waals surface area (Å²) >= 11 is 0. The zero-order valence-electron chi connectivity index (χ0n) is 10.3. The van der Waals surface area contributed by atoms with Gasteiger partial charge in [-0.15, -0.1) is 0 Å². The van der Waals surface area contributed by atoms with E-state index in [0.29, 0.717) is 0 Å². The second-order valence-corrected chi connectivity index (χ2v) is 0. The van der Waals surface area contributed by atoms with Crippen molar-refractivity contribution in [3.63, 3.8) is 0 Å². The van der Waals surface area contributed by atoms with Crippen molar-refractivity contribution in [2.24, 2.45) is 0 Å². The maximum absolute atomic E-state index is 2.00. The van der Waals surface area contributed by atoms with Crippen LogP contribution in [0, 0.1) is 0 Å². The third-order valence-corrected chi connectivity index (χ3v) is 0. The molecule has 0 aromatic rings. The molecule has 3 N–H and O–H groups in total. The summed E-state index contributed by atoms with van der Waals surface area (Å²) in [4.78, 5) is 0. The summed E-state index contributed by atoms with van der Waals surface area (Å²) in [5.41, 5.74) is 0. The molecule has 0 aliphatic rings. The van der Waals surface area contributed by atoms with Crippen molar-refractivity contribution in [2.45, 2.75) is 55.4 Å². The number of hydrogen-bond donors (Lipinski definition) is 1. The van der Waals surface area contributed by atoms with Crippen molar-refractivity contribution in [1.82, 2.24) is 6.15 Å². The Balaban J connectivity index is -0.00000000167. The lowest BCUT2D eigenvalue weighted by molar-refractivity contribution is 1.11. The highest BCUT2D eigenvalue weighted by atomic mass is 19.0. The van der Waals surface area contributed by atoms with Crippen LogP contribution in [0.15, 0.2) is 0 Å². The molecule has 14 heavy (non-hydrogen) atoms. The average molecular weight is 231 g/mol. The molecule has 0 saturated heterocycles. The van der Waals surface area contributed by atoms with Crippen LogP contribution in [0.1, 0.15) is 55.4 Å². The van der Waals surface area contributed by atoms with Crippen LogP contribution in [0.5, 0.6) is 0 Å². The molecule has 0 aromatic heterocycles. The zero-order chi connectivity index (χ0) is 8.00. The van der Waals surface area contributed by atoms with Gasteiger partial charge in [-0.1, -0.05) is 55.4 Å². The first kappa shape index (κ1) is 159. The summed E-state index contributed by atoms with van der Waals surface area (Å²) < 4.78 is 0. The lowest BCUT2D eigenvalue weighted by Gasteiger charge is -1.07. The minimum Gasteiger partial charge on any atom is -0.344 e. The van der Waals surface area contributed by atoms with Gasteiger partial charge in [-0.3, -0.25) is 18.8 Å². The van der Waals surface area contributed by atoms with E-state index < -0.39 is 0 Å². The summed E-state index contributed by atoms with van der Waals surface area (Å²) in [6.45, 7) is 16.0. The van der Waals surface area contributed by atoms with Gasteiger partial charge in [-0.25, -0.2) is 0 Å². The fourth-order valence-corrected chi connectivity index (χ4v) is 0. The fraction of sp³-hybridized carbons (Fsp3) is 1.00. The maximum atomic E-state index is 2.00. The smallest absolute Gasteiger partial charge is 0.0814 e. The molecule has 0 aliphatic carbocycles. The molecule has 0 unspecified atom stereocenters. The molecule has 0 fully saturated rings. The normalized spacial score (nSPS) is 1.71. The van der Waals surface area contributed by atoms with E-state index in [0.717, 1.165) is 0 Å². The molecule has 0 amide bonds. The molecule has 0 atom stereocenters. The molecule has 0 heterocycles. The molecule has 0 radical (unpaired) electrons. The summed E-state index contributed by atoms with van der Waals surface area (Å²) in [5, 5.41) is 0. The Labute approximate surface area is 89.7 Å². The van der Waals surface area contributed by atoms with Crippen molar-refractivity contribution in [1.29, 1.82) is 0 Å². The molecule has 102 valence electrons. The predicted molar refractivity (Wildman–Crippen MR) is 70.4 cm³/mol. The van der Waals surface area contributed by atoms with E-state index in [2.05, 4.69) is 0 Å². The molecule has 0 saturated carbocycles. The maximum Gasteiger partial charge on any atom is 0.0814 e. The average Bonchev–Trinajstić information content (AvgIpc) is 2.03. The minimum atomic E-state index is 0. The Bertz CT molecular complexity index is 21.3. The molecule has 6 heteroatoms. The van der Waals surface area contributed by atoms with Crippen molar-refractivity contribution in [3.8, 4) is 0 Å². The summed E-state index contributed by atoms with van der Waals surface area (Å²) in [5.74, 6) is 0. The standard InChI is InChI=1S/4C2H6.BH3.4FH.H3N/c4*1-2;;;;;;/h4*1-2H3;1H3;4*1H;1H3. The first-order chi connectivity index (χ1) is 4.00. The first-order valence-corrected chi connectivity index (χ1v) is 4.00. The SMILES string of the molecule is B.CC.CC.CC.CC.F.F.F.F.N. The van der Waals surface area contributed by atoms with Gasteiger partial charge in [-0.2, -0.15) is 0 Å². The lowest BCUT2D eigenvalue weighted by atomic mass is 10.8. The van der Waals surface area contributed by atoms with Crippen LogP contribution in [0.4, 0.5) is 18.8 Å². The van der Waals surface area contributed by atoms with Gasteiger partial charge >= 0.3 is 0 Å². The summed E-state index contributed by atoms with van der Waals surface area (Å²) in [6.07, 6.45) is 0. The van der Waals surface area contributed by atoms with Crippen LogP contribution in [0.25, 0.3) is 0 Å². The fourth-order valence-electron chi connectivity index (χ4n) is 0. The monoisotopic (exact) mass is 231 g/mol. The van der Waals surface area contributed by atoms with E-state index in [1.807, 2.05) is 55.4 Å².